The number of carbonyl (C=O) groups is 1. The van der Waals surface area contributed by atoms with Crippen LogP contribution in [0.2, 0.25) is 0 Å². The van der Waals surface area contributed by atoms with Crippen LogP contribution in [-0.2, 0) is 9.63 Å². The lowest BCUT2D eigenvalue weighted by Gasteiger charge is -1.95. The summed E-state index contributed by atoms with van der Waals surface area (Å²) < 4.78 is 0. The van der Waals surface area contributed by atoms with Gasteiger partial charge in [-0.15, -0.1) is 0 Å². The molecule has 0 aliphatic rings. The van der Waals surface area contributed by atoms with Gasteiger partial charge in [0.1, 0.15) is 0 Å². The second-order valence-electron chi connectivity index (χ2n) is 1.92. The third-order valence-corrected chi connectivity index (χ3v) is 0.923. The van der Waals surface area contributed by atoms with Gasteiger partial charge in [0.25, 0.3) is 5.91 Å². The molecule has 0 saturated heterocycles. The number of amides is 1. The molecule has 0 aromatic rings. The summed E-state index contributed by atoms with van der Waals surface area (Å²) in [4.78, 5) is 15.0. The Hall–Kier alpha value is -1.10. The average molecular weight is 159 g/mol. The van der Waals surface area contributed by atoms with Gasteiger partial charge in [0.2, 0.25) is 0 Å². The Morgan fingerprint density at radius 1 is 1.82 bits per heavy atom. The highest BCUT2D eigenvalue weighted by Crippen LogP contribution is 1.81. The van der Waals surface area contributed by atoms with Gasteiger partial charge in [0.15, 0.2) is 6.61 Å². The number of carbonyl (C=O) groups excluding carboxylic acids is 1. The van der Waals surface area contributed by atoms with Crippen LogP contribution in [0.25, 0.3) is 0 Å². The van der Waals surface area contributed by atoms with E-state index in [4.69, 9.17) is 5.84 Å². The third-order valence-electron chi connectivity index (χ3n) is 0.923. The monoisotopic (exact) mass is 159 g/mol. The van der Waals surface area contributed by atoms with Crippen LogP contribution in [0.1, 0.15) is 19.8 Å². The van der Waals surface area contributed by atoms with Crippen LogP contribution in [-0.4, -0.2) is 18.7 Å². The van der Waals surface area contributed by atoms with Crippen molar-refractivity contribution in [2.24, 2.45) is 11.0 Å². The van der Waals surface area contributed by atoms with E-state index in [2.05, 4.69) is 9.99 Å². The number of hydrogen-bond acceptors (Lipinski definition) is 4. The largest absolute Gasteiger partial charge is 0.386 e. The number of unbranched alkanes of at least 4 members (excludes halogenated alkanes) is 1. The van der Waals surface area contributed by atoms with Gasteiger partial charge >= 0.3 is 0 Å². The number of nitrogens with one attached hydrogen (secondary N) is 1. The highest BCUT2D eigenvalue weighted by Gasteiger charge is 1.94. The molecule has 0 aromatic carbocycles. The van der Waals surface area contributed by atoms with Crippen molar-refractivity contribution in [3.63, 3.8) is 0 Å². The van der Waals surface area contributed by atoms with E-state index in [0.717, 1.165) is 12.8 Å². The molecule has 3 N–H and O–H groups in total. The van der Waals surface area contributed by atoms with Gasteiger partial charge in [-0.1, -0.05) is 18.5 Å². The molecular weight excluding hydrogens is 146 g/mol. The number of hydrogen-bond donors (Lipinski definition) is 2. The maximum absolute atomic E-state index is 10.4. The molecule has 0 rings (SSSR count). The van der Waals surface area contributed by atoms with E-state index in [1.165, 1.54) is 0 Å². The molecule has 5 nitrogen and oxygen atoms in total. The minimum Gasteiger partial charge on any atom is -0.386 e. The van der Waals surface area contributed by atoms with Crippen LogP contribution < -0.4 is 11.3 Å². The molecule has 11 heavy (non-hydrogen) atoms. The Labute approximate surface area is 65.5 Å². The van der Waals surface area contributed by atoms with Gasteiger partial charge in [-0.2, -0.15) is 0 Å². The minimum atomic E-state index is -0.390. The SMILES string of the molecule is CCCC=NOCC(=O)NN. The van der Waals surface area contributed by atoms with Gasteiger partial charge in [-0.25, -0.2) is 5.84 Å². The molecule has 0 aliphatic carbocycles. The van der Waals surface area contributed by atoms with Gasteiger partial charge in [0, 0.05) is 6.21 Å². The Bertz CT molecular complexity index is 136. The van der Waals surface area contributed by atoms with Crippen LogP contribution >= 0.6 is 0 Å². The summed E-state index contributed by atoms with van der Waals surface area (Å²) in [5, 5.41) is 3.51. The van der Waals surface area contributed by atoms with Crippen molar-refractivity contribution >= 4 is 12.1 Å². The zero-order valence-electron chi connectivity index (χ0n) is 6.54. The van der Waals surface area contributed by atoms with Crippen LogP contribution in [0.3, 0.4) is 0 Å². The van der Waals surface area contributed by atoms with E-state index in [1.807, 2.05) is 12.3 Å². The second-order valence-corrected chi connectivity index (χ2v) is 1.92. The van der Waals surface area contributed by atoms with Crippen molar-refractivity contribution in [2.45, 2.75) is 19.8 Å². The van der Waals surface area contributed by atoms with E-state index >= 15 is 0 Å². The van der Waals surface area contributed by atoms with Crippen molar-refractivity contribution in [1.82, 2.24) is 5.43 Å². The van der Waals surface area contributed by atoms with Crippen molar-refractivity contribution in [3.05, 3.63) is 0 Å². The Kier molecular flexibility index (Phi) is 6.31. The summed E-state index contributed by atoms with van der Waals surface area (Å²) in [5.41, 5.74) is 1.92. The summed E-state index contributed by atoms with van der Waals surface area (Å²) in [6.45, 7) is 1.90. The summed E-state index contributed by atoms with van der Waals surface area (Å²) >= 11 is 0. The third kappa shape index (κ3) is 6.79. The zero-order valence-corrected chi connectivity index (χ0v) is 6.54. The number of rotatable bonds is 5. The number of nitrogens with zero attached hydrogens (tertiary/aromatic N) is 1. The fourth-order valence-corrected chi connectivity index (χ4v) is 0.372. The smallest absolute Gasteiger partial charge is 0.274 e. The topological polar surface area (TPSA) is 76.7 Å². The first-order valence-corrected chi connectivity index (χ1v) is 3.44. The summed E-state index contributed by atoms with van der Waals surface area (Å²) in [6, 6.07) is 0. The highest BCUT2D eigenvalue weighted by molar-refractivity contribution is 5.76. The number of hydrazine groups is 1. The predicted octanol–water partition coefficient (Wildman–Crippen LogP) is -0.221. The molecule has 0 unspecified atom stereocenters. The molecule has 0 radical (unpaired) electrons. The minimum absolute atomic E-state index is 0.128. The fraction of sp³-hybridized carbons (Fsp3) is 0.667. The first kappa shape index (κ1) is 9.90. The molecule has 0 spiro atoms. The average Bonchev–Trinajstić information content (AvgIpc) is 2.04. The van der Waals surface area contributed by atoms with E-state index < -0.39 is 5.91 Å². The Morgan fingerprint density at radius 2 is 2.55 bits per heavy atom. The second kappa shape index (κ2) is 7.01. The molecule has 64 valence electrons. The summed E-state index contributed by atoms with van der Waals surface area (Å²) in [6.07, 6.45) is 3.48. The van der Waals surface area contributed by atoms with Gasteiger partial charge in [0.05, 0.1) is 0 Å². The predicted molar refractivity (Wildman–Crippen MR) is 41.7 cm³/mol. The number of oxime groups is 1. The lowest BCUT2D eigenvalue weighted by Crippen LogP contribution is -2.32. The zero-order chi connectivity index (χ0) is 8.53. The molecule has 0 bridgehead atoms. The molecule has 5 heteroatoms. The molecule has 0 atom stereocenters. The molecule has 0 fully saturated rings. The fourth-order valence-electron chi connectivity index (χ4n) is 0.372. The van der Waals surface area contributed by atoms with Crippen LogP contribution in [0.5, 0.6) is 0 Å². The van der Waals surface area contributed by atoms with E-state index in [9.17, 15) is 4.79 Å². The normalized spacial score (nSPS) is 10.0. The first-order valence-electron chi connectivity index (χ1n) is 3.44. The lowest BCUT2D eigenvalue weighted by atomic mass is 10.4. The van der Waals surface area contributed by atoms with Gasteiger partial charge < -0.3 is 4.84 Å². The first-order chi connectivity index (χ1) is 5.31. The van der Waals surface area contributed by atoms with Crippen molar-refractivity contribution in [1.29, 1.82) is 0 Å². The van der Waals surface area contributed by atoms with Gasteiger partial charge in [-0.05, 0) is 6.42 Å². The molecular formula is C6H13N3O2. The van der Waals surface area contributed by atoms with Crippen LogP contribution in [0.15, 0.2) is 5.16 Å². The van der Waals surface area contributed by atoms with Crippen LogP contribution in [0, 0.1) is 0 Å². The van der Waals surface area contributed by atoms with Crippen LogP contribution in [0.4, 0.5) is 0 Å². The molecule has 0 heterocycles. The van der Waals surface area contributed by atoms with Crippen molar-refractivity contribution < 1.29 is 9.63 Å². The number of nitrogens with two attached hydrogens (primary N) is 1. The summed E-state index contributed by atoms with van der Waals surface area (Å²) in [5.74, 6) is 4.39. The van der Waals surface area contributed by atoms with Crippen molar-refractivity contribution in [2.75, 3.05) is 6.61 Å². The highest BCUT2D eigenvalue weighted by atomic mass is 16.6. The van der Waals surface area contributed by atoms with Gasteiger partial charge in [-0.3, -0.25) is 10.2 Å². The Morgan fingerprint density at radius 3 is 3.09 bits per heavy atom. The van der Waals surface area contributed by atoms with E-state index in [-0.39, 0.29) is 6.61 Å². The maximum Gasteiger partial charge on any atom is 0.274 e. The van der Waals surface area contributed by atoms with E-state index in [1.54, 1.807) is 6.21 Å². The summed E-state index contributed by atoms with van der Waals surface area (Å²) in [7, 11) is 0. The molecule has 0 saturated carbocycles. The van der Waals surface area contributed by atoms with E-state index in [0.29, 0.717) is 0 Å². The van der Waals surface area contributed by atoms with Crippen molar-refractivity contribution in [3.8, 4) is 0 Å². The Balaban J connectivity index is 3.19. The molecule has 1 amide bonds. The lowest BCUT2D eigenvalue weighted by molar-refractivity contribution is -0.125. The standard InChI is InChI=1S/C6H13N3O2/c1-2-3-4-8-11-5-6(10)9-7/h4H,2-3,5,7H2,1H3,(H,9,10). The molecule has 0 aromatic heterocycles. The maximum atomic E-state index is 10.4. The quantitative estimate of drug-likeness (QED) is 0.252. The molecule has 0 aliphatic heterocycles.